The van der Waals surface area contributed by atoms with Crippen molar-refractivity contribution in [3.05, 3.63) is 23.9 Å². The molecule has 1 aromatic heterocycles. The third kappa shape index (κ3) is 5.70. The quantitative estimate of drug-likeness (QED) is 0.765. The van der Waals surface area contributed by atoms with Crippen LogP contribution in [0.1, 0.15) is 38.2 Å². The smallest absolute Gasteiger partial charge is 0.391 e. The Bertz CT molecular complexity index is 651. The zero-order chi connectivity index (χ0) is 18.3. The van der Waals surface area contributed by atoms with Crippen molar-refractivity contribution in [1.82, 2.24) is 4.98 Å². The van der Waals surface area contributed by atoms with E-state index < -0.39 is 12.1 Å². The van der Waals surface area contributed by atoms with Gasteiger partial charge in [-0.05, 0) is 44.6 Å². The average Bonchev–Trinajstić information content (AvgIpc) is 2.60. The van der Waals surface area contributed by atoms with Crippen LogP contribution < -0.4 is 10.1 Å². The van der Waals surface area contributed by atoms with E-state index in [4.69, 9.17) is 4.74 Å². The molecule has 3 nitrogen and oxygen atoms in total. The van der Waals surface area contributed by atoms with Crippen LogP contribution in [0, 0.1) is 23.7 Å². The van der Waals surface area contributed by atoms with Crippen LogP contribution in [0.3, 0.4) is 0 Å². The lowest BCUT2D eigenvalue weighted by Gasteiger charge is -2.28. The van der Waals surface area contributed by atoms with Crippen LogP contribution in [-0.2, 0) is 0 Å². The predicted octanol–water partition coefficient (Wildman–Crippen LogP) is 4.91. The maximum absolute atomic E-state index is 12.7. The van der Waals surface area contributed by atoms with E-state index in [1.54, 1.807) is 20.2 Å². The molecule has 0 spiro atoms. The van der Waals surface area contributed by atoms with E-state index in [2.05, 4.69) is 22.1 Å². The molecule has 1 heterocycles. The summed E-state index contributed by atoms with van der Waals surface area (Å²) < 4.78 is 43.5. The molecule has 0 aromatic carbocycles. The minimum Gasteiger partial charge on any atom is -0.481 e. The van der Waals surface area contributed by atoms with E-state index in [1.807, 2.05) is 18.2 Å². The minimum atomic E-state index is -4.07. The number of allylic oxidation sites excluding steroid dienone is 1. The van der Waals surface area contributed by atoms with Gasteiger partial charge in [0.25, 0.3) is 0 Å². The molecule has 1 N–H and O–H groups in total. The molecule has 0 aliphatic heterocycles. The minimum absolute atomic E-state index is 0.158. The number of anilines is 1. The second-order valence-electron chi connectivity index (χ2n) is 6.12. The normalized spacial score (nSPS) is 20.8. The molecule has 6 heteroatoms. The lowest BCUT2D eigenvalue weighted by Crippen LogP contribution is -2.27. The van der Waals surface area contributed by atoms with E-state index in [1.165, 1.54) is 0 Å². The number of ether oxygens (including phenoxy) is 1. The Hall–Kier alpha value is -2.16. The van der Waals surface area contributed by atoms with Crippen LogP contribution in [-0.4, -0.2) is 24.8 Å². The number of hydrogen-bond acceptors (Lipinski definition) is 3. The summed E-state index contributed by atoms with van der Waals surface area (Å²) in [6.45, 7) is 2.30. The van der Waals surface area contributed by atoms with Crippen molar-refractivity contribution in [2.45, 2.75) is 38.8 Å². The highest BCUT2D eigenvalue weighted by Gasteiger charge is 2.40. The molecule has 136 valence electrons. The van der Waals surface area contributed by atoms with Crippen molar-refractivity contribution >= 4 is 11.8 Å². The lowest BCUT2D eigenvalue weighted by atomic mass is 9.81. The fourth-order valence-electron chi connectivity index (χ4n) is 2.97. The molecule has 0 amide bonds. The summed E-state index contributed by atoms with van der Waals surface area (Å²) >= 11 is 0. The number of hydrogen-bond donors (Lipinski definition) is 1. The third-order valence-corrected chi connectivity index (χ3v) is 4.41. The van der Waals surface area contributed by atoms with Crippen molar-refractivity contribution < 1.29 is 17.9 Å². The van der Waals surface area contributed by atoms with Crippen LogP contribution in [0.4, 0.5) is 18.9 Å². The predicted molar refractivity (Wildman–Crippen MR) is 93.3 cm³/mol. The zero-order valence-electron chi connectivity index (χ0n) is 14.5. The first kappa shape index (κ1) is 19.2. The van der Waals surface area contributed by atoms with Gasteiger partial charge in [-0.2, -0.15) is 13.2 Å². The molecular weight excluding hydrogens is 329 g/mol. The number of halogens is 3. The number of alkyl halides is 3. The summed E-state index contributed by atoms with van der Waals surface area (Å²) in [6, 6.07) is 1.90. The standard InChI is InChI=1S/C19H23F3N2O/c1-3-4-11-23-17-12-15(18(25-2)24-13-17)8-5-14-6-9-16(10-7-14)19(20,21)22/h5,8,12-14,16,23H,6-7,9-11H2,1-2H3/b8-5+/t14-,16-. The molecule has 1 saturated carbocycles. The van der Waals surface area contributed by atoms with Gasteiger partial charge in [-0.15, -0.1) is 5.92 Å². The monoisotopic (exact) mass is 352 g/mol. The van der Waals surface area contributed by atoms with Gasteiger partial charge in [0.15, 0.2) is 0 Å². The van der Waals surface area contributed by atoms with Gasteiger partial charge in [-0.25, -0.2) is 4.98 Å². The van der Waals surface area contributed by atoms with E-state index in [-0.39, 0.29) is 18.8 Å². The van der Waals surface area contributed by atoms with Crippen molar-refractivity contribution in [2.75, 3.05) is 19.0 Å². The number of nitrogens with one attached hydrogen (secondary N) is 1. The fourth-order valence-corrected chi connectivity index (χ4v) is 2.97. The van der Waals surface area contributed by atoms with E-state index in [0.717, 1.165) is 11.3 Å². The van der Waals surface area contributed by atoms with Crippen LogP contribution in [0.2, 0.25) is 0 Å². The Balaban J connectivity index is 2.01. The van der Waals surface area contributed by atoms with Gasteiger partial charge in [0.05, 0.1) is 31.5 Å². The summed E-state index contributed by atoms with van der Waals surface area (Å²) in [6.07, 6.45) is 2.98. The van der Waals surface area contributed by atoms with E-state index in [0.29, 0.717) is 25.3 Å². The third-order valence-electron chi connectivity index (χ3n) is 4.41. The van der Waals surface area contributed by atoms with E-state index >= 15 is 0 Å². The maximum Gasteiger partial charge on any atom is 0.391 e. The summed E-state index contributed by atoms with van der Waals surface area (Å²) in [5.74, 6) is 5.22. The number of aromatic nitrogens is 1. The largest absolute Gasteiger partial charge is 0.481 e. The Labute approximate surface area is 146 Å². The summed E-state index contributed by atoms with van der Waals surface area (Å²) in [4.78, 5) is 4.25. The molecule has 0 atom stereocenters. The first-order valence-electron chi connectivity index (χ1n) is 8.36. The first-order chi connectivity index (χ1) is 11.9. The highest BCUT2D eigenvalue weighted by atomic mass is 19.4. The van der Waals surface area contributed by atoms with Crippen molar-refractivity contribution in [2.24, 2.45) is 11.8 Å². The topological polar surface area (TPSA) is 34.2 Å². The Morgan fingerprint density at radius 3 is 2.64 bits per heavy atom. The lowest BCUT2D eigenvalue weighted by molar-refractivity contribution is -0.183. The second kappa shape index (κ2) is 8.80. The SMILES string of the molecule is CC#CCNc1cnc(OC)c(/C=C/[C@H]2CC[C@H](C(F)(F)F)CC2)c1. The fraction of sp³-hybridized carbons (Fsp3) is 0.526. The van der Waals surface area contributed by atoms with Crippen LogP contribution in [0.5, 0.6) is 5.88 Å². The van der Waals surface area contributed by atoms with Gasteiger partial charge in [0.2, 0.25) is 5.88 Å². The highest BCUT2D eigenvalue weighted by Crippen LogP contribution is 2.40. The molecule has 25 heavy (non-hydrogen) atoms. The van der Waals surface area contributed by atoms with Crippen molar-refractivity contribution in [3.63, 3.8) is 0 Å². The molecule has 1 aliphatic carbocycles. The Kier molecular flexibility index (Phi) is 6.74. The molecule has 2 rings (SSSR count). The zero-order valence-corrected chi connectivity index (χ0v) is 14.5. The molecule has 1 aromatic rings. The average molecular weight is 352 g/mol. The Morgan fingerprint density at radius 2 is 2.04 bits per heavy atom. The number of methoxy groups -OCH3 is 1. The maximum atomic E-state index is 12.7. The van der Waals surface area contributed by atoms with E-state index in [9.17, 15) is 13.2 Å². The van der Waals surface area contributed by atoms with Crippen LogP contribution in [0.25, 0.3) is 6.08 Å². The Morgan fingerprint density at radius 1 is 1.32 bits per heavy atom. The van der Waals surface area contributed by atoms with Crippen molar-refractivity contribution in [1.29, 1.82) is 0 Å². The first-order valence-corrected chi connectivity index (χ1v) is 8.36. The number of pyridine rings is 1. The molecular formula is C19H23F3N2O. The molecule has 1 aliphatic rings. The highest BCUT2D eigenvalue weighted by molar-refractivity contribution is 5.61. The molecule has 0 saturated heterocycles. The molecule has 0 bridgehead atoms. The van der Waals surface area contributed by atoms with Gasteiger partial charge < -0.3 is 10.1 Å². The number of rotatable bonds is 5. The number of nitrogens with zero attached hydrogens (tertiary/aromatic N) is 1. The summed E-state index contributed by atoms with van der Waals surface area (Å²) in [7, 11) is 1.55. The van der Waals surface area contributed by atoms with Gasteiger partial charge in [0, 0.05) is 5.56 Å². The van der Waals surface area contributed by atoms with Crippen LogP contribution in [0.15, 0.2) is 18.3 Å². The summed E-state index contributed by atoms with van der Waals surface area (Å²) in [5.41, 5.74) is 1.62. The van der Waals surface area contributed by atoms with Crippen LogP contribution >= 0.6 is 0 Å². The molecule has 1 fully saturated rings. The van der Waals surface area contributed by atoms with Gasteiger partial charge >= 0.3 is 6.18 Å². The summed E-state index contributed by atoms with van der Waals surface area (Å²) in [5, 5.41) is 3.15. The van der Waals surface area contributed by atoms with Crippen molar-refractivity contribution in [3.8, 4) is 17.7 Å². The van der Waals surface area contributed by atoms with Gasteiger partial charge in [-0.1, -0.05) is 18.1 Å². The molecule has 0 radical (unpaired) electrons. The second-order valence-corrected chi connectivity index (χ2v) is 6.12. The van der Waals surface area contributed by atoms with Gasteiger partial charge in [0.1, 0.15) is 0 Å². The molecule has 0 unspecified atom stereocenters. The van der Waals surface area contributed by atoms with Gasteiger partial charge in [-0.3, -0.25) is 0 Å².